The van der Waals surface area contributed by atoms with Crippen molar-refractivity contribution >= 4 is 101 Å². The molecule has 0 aliphatic rings. The summed E-state index contributed by atoms with van der Waals surface area (Å²) in [7, 11) is 4.97. The SMILES string of the molecule is CN(C(=O)c1cc(C(=O)N(C)c2ccc(-c3ccccn3)c3oc4cnccc4c23)cc(C(=O)N(C)c2ccc(-c3ccccn3)c3oc4cnccc4c23)c1)c1ccc(-c2ccccn2)c2oc3cnccc3c12. The third-order valence-electron chi connectivity index (χ3n) is 13.7. The number of anilines is 3. The first-order chi connectivity index (χ1) is 36.7. The maximum Gasteiger partial charge on any atom is 0.258 e. The van der Waals surface area contributed by atoms with Crippen LogP contribution in [0.15, 0.2) is 196 Å². The molecule has 0 aliphatic heterocycles. The average molecular weight is 982 g/mol. The van der Waals surface area contributed by atoms with Gasteiger partial charge in [-0.15, -0.1) is 0 Å². The zero-order valence-corrected chi connectivity index (χ0v) is 40.3. The molecule has 13 rings (SSSR count). The Kier molecular flexibility index (Phi) is 10.5. The van der Waals surface area contributed by atoms with E-state index in [1.165, 1.54) is 32.9 Å². The van der Waals surface area contributed by atoms with Crippen LogP contribution in [0.1, 0.15) is 31.1 Å². The minimum atomic E-state index is -0.495. The van der Waals surface area contributed by atoms with Crippen LogP contribution in [0.5, 0.6) is 0 Å². The second-order valence-electron chi connectivity index (χ2n) is 18.0. The van der Waals surface area contributed by atoms with E-state index in [1.54, 1.807) is 76.9 Å². The highest BCUT2D eigenvalue weighted by Crippen LogP contribution is 2.44. The van der Waals surface area contributed by atoms with E-state index in [-0.39, 0.29) is 16.7 Å². The Hall–Kier alpha value is -10.4. The summed E-state index contributed by atoms with van der Waals surface area (Å²) < 4.78 is 19.4. The fourth-order valence-electron chi connectivity index (χ4n) is 10.1. The summed E-state index contributed by atoms with van der Waals surface area (Å²) in [5, 5.41) is 4.20. The van der Waals surface area contributed by atoms with Crippen LogP contribution in [0.25, 0.3) is 99.6 Å². The van der Waals surface area contributed by atoms with Crippen LogP contribution < -0.4 is 14.7 Å². The van der Waals surface area contributed by atoms with Crippen LogP contribution in [0.3, 0.4) is 0 Å². The summed E-state index contributed by atoms with van der Waals surface area (Å²) >= 11 is 0. The molecular weight excluding hydrogens is 943 g/mol. The molecule has 0 aliphatic carbocycles. The Morgan fingerprint density at radius 1 is 0.373 bits per heavy atom. The normalized spacial score (nSPS) is 11.6. The molecule has 0 N–H and O–H groups in total. The fourth-order valence-corrected chi connectivity index (χ4v) is 10.1. The van der Waals surface area contributed by atoms with Gasteiger partial charge in [0.15, 0.2) is 16.7 Å². The van der Waals surface area contributed by atoms with Gasteiger partial charge < -0.3 is 28.0 Å². The first-order valence-corrected chi connectivity index (χ1v) is 23.8. The molecular formula is C60H39N9O6. The molecule has 360 valence electrons. The predicted molar refractivity (Wildman–Crippen MR) is 289 cm³/mol. The highest BCUT2D eigenvalue weighted by Gasteiger charge is 2.29. The van der Waals surface area contributed by atoms with Gasteiger partial charge in [0.25, 0.3) is 17.7 Å². The lowest BCUT2D eigenvalue weighted by Crippen LogP contribution is -2.31. The molecule has 0 spiro atoms. The van der Waals surface area contributed by atoms with Gasteiger partial charge in [-0.2, -0.15) is 0 Å². The summed E-state index contributed by atoms with van der Waals surface area (Å²) in [4.78, 5) is 77.2. The van der Waals surface area contributed by atoms with Crippen molar-refractivity contribution in [1.82, 2.24) is 29.9 Å². The molecule has 15 nitrogen and oxygen atoms in total. The number of aromatic nitrogens is 6. The van der Waals surface area contributed by atoms with Crippen LogP contribution in [-0.4, -0.2) is 68.8 Å². The minimum Gasteiger partial charge on any atom is -0.454 e. The van der Waals surface area contributed by atoms with Crippen LogP contribution in [0.4, 0.5) is 17.1 Å². The molecule has 0 bridgehead atoms. The molecule has 3 amide bonds. The average Bonchev–Trinajstić information content (AvgIpc) is 4.24. The Balaban J connectivity index is 0.959. The van der Waals surface area contributed by atoms with Gasteiger partial charge in [0, 0.05) is 108 Å². The number of rotatable bonds is 9. The number of nitrogens with zero attached hydrogens (tertiary/aromatic N) is 9. The van der Waals surface area contributed by atoms with Crippen molar-refractivity contribution in [2.75, 3.05) is 35.8 Å². The van der Waals surface area contributed by atoms with Crippen molar-refractivity contribution in [3.8, 4) is 33.8 Å². The molecule has 9 heterocycles. The van der Waals surface area contributed by atoms with E-state index in [0.29, 0.717) is 83.8 Å². The molecule has 0 saturated carbocycles. The molecule has 0 atom stereocenters. The number of benzene rings is 4. The second-order valence-corrected chi connectivity index (χ2v) is 18.0. The van der Waals surface area contributed by atoms with E-state index < -0.39 is 17.7 Å². The first-order valence-electron chi connectivity index (χ1n) is 23.8. The van der Waals surface area contributed by atoms with E-state index in [0.717, 1.165) is 32.8 Å². The molecule has 4 aromatic carbocycles. The van der Waals surface area contributed by atoms with E-state index >= 15 is 14.4 Å². The quantitative estimate of drug-likeness (QED) is 0.134. The first kappa shape index (κ1) is 44.5. The van der Waals surface area contributed by atoms with Gasteiger partial charge in [-0.05, 0) is 109 Å². The Labute approximate surface area is 426 Å². The maximum atomic E-state index is 15.3. The minimum absolute atomic E-state index is 0.0795. The topological polar surface area (TPSA) is 178 Å². The van der Waals surface area contributed by atoms with Crippen molar-refractivity contribution in [1.29, 1.82) is 0 Å². The largest absolute Gasteiger partial charge is 0.454 e. The molecule has 0 unspecified atom stereocenters. The molecule has 75 heavy (non-hydrogen) atoms. The van der Waals surface area contributed by atoms with Gasteiger partial charge in [0.1, 0.15) is 16.7 Å². The molecule has 0 saturated heterocycles. The summed E-state index contributed by atoms with van der Waals surface area (Å²) in [5.74, 6) is -1.49. The number of furan rings is 3. The summed E-state index contributed by atoms with van der Waals surface area (Å²) in [6.07, 6.45) is 15.0. The van der Waals surface area contributed by atoms with Gasteiger partial charge in [-0.3, -0.25) is 44.3 Å². The van der Waals surface area contributed by atoms with Crippen molar-refractivity contribution < 1.29 is 27.6 Å². The van der Waals surface area contributed by atoms with Crippen molar-refractivity contribution in [2.45, 2.75) is 0 Å². The third-order valence-corrected chi connectivity index (χ3v) is 13.7. The highest BCUT2D eigenvalue weighted by atomic mass is 16.3. The molecule has 0 radical (unpaired) electrons. The van der Waals surface area contributed by atoms with Crippen molar-refractivity contribution in [3.05, 3.63) is 200 Å². The lowest BCUT2D eigenvalue weighted by Gasteiger charge is -2.23. The number of hydrogen-bond donors (Lipinski definition) is 0. The number of fused-ring (bicyclic) bond motifs is 9. The van der Waals surface area contributed by atoms with Gasteiger partial charge in [-0.1, -0.05) is 18.2 Å². The zero-order chi connectivity index (χ0) is 50.9. The number of carbonyl (C=O) groups is 3. The molecule has 0 fully saturated rings. The highest BCUT2D eigenvalue weighted by molar-refractivity contribution is 6.24. The van der Waals surface area contributed by atoms with Gasteiger partial charge >= 0.3 is 0 Å². The third kappa shape index (κ3) is 7.32. The molecule has 9 aromatic heterocycles. The van der Waals surface area contributed by atoms with E-state index in [9.17, 15) is 0 Å². The van der Waals surface area contributed by atoms with E-state index in [1.807, 2.05) is 109 Å². The monoisotopic (exact) mass is 981 g/mol. The lowest BCUT2D eigenvalue weighted by atomic mass is 10.00. The van der Waals surface area contributed by atoms with Gasteiger partial charge in [-0.25, -0.2) is 0 Å². The fraction of sp³-hybridized carbons (Fsp3) is 0.0500. The van der Waals surface area contributed by atoms with E-state index in [2.05, 4.69) is 29.9 Å². The number of carbonyl (C=O) groups excluding carboxylic acids is 3. The second kappa shape index (κ2) is 17.7. The van der Waals surface area contributed by atoms with Crippen LogP contribution >= 0.6 is 0 Å². The van der Waals surface area contributed by atoms with Crippen molar-refractivity contribution in [3.63, 3.8) is 0 Å². The maximum absolute atomic E-state index is 15.3. The number of hydrogen-bond acceptors (Lipinski definition) is 12. The summed E-state index contributed by atoms with van der Waals surface area (Å²) in [6, 6.07) is 38.1. The van der Waals surface area contributed by atoms with Crippen LogP contribution in [-0.2, 0) is 0 Å². The standard InChI is InChI=1S/C60H39N9O6/c1-67(46-16-13-37(43-10-4-7-22-64-43)55-52(46)40-19-25-61-31-49(40)73-55)58(70)34-28-35(59(71)68(2)47-17-14-38(44-11-5-8-23-65-44)56-53(47)41-20-26-62-32-50(41)74-56)30-36(29-34)60(72)69(3)48-18-15-39(45-12-6-9-24-66-45)57-54(48)42-21-27-63-33-51(42)75-57/h4-33H,1-3H3. The van der Waals surface area contributed by atoms with E-state index in [4.69, 9.17) is 13.3 Å². The molecule has 15 heteroatoms. The number of pyridine rings is 6. The summed E-state index contributed by atoms with van der Waals surface area (Å²) in [6.45, 7) is 0. The van der Waals surface area contributed by atoms with Crippen molar-refractivity contribution in [2.24, 2.45) is 0 Å². The van der Waals surface area contributed by atoms with Crippen LogP contribution in [0, 0.1) is 0 Å². The predicted octanol–water partition coefficient (Wildman–Crippen LogP) is 12.6. The lowest BCUT2D eigenvalue weighted by molar-refractivity contribution is 0.0992. The Bertz CT molecular complexity index is 3980. The zero-order valence-electron chi connectivity index (χ0n) is 40.3. The smallest absolute Gasteiger partial charge is 0.258 e. The van der Waals surface area contributed by atoms with Gasteiger partial charge in [0.2, 0.25) is 0 Å². The van der Waals surface area contributed by atoms with Gasteiger partial charge in [0.05, 0.1) is 68.9 Å². The Morgan fingerprint density at radius 3 is 0.960 bits per heavy atom. The molecule has 13 aromatic rings. The number of amides is 3. The summed E-state index contributed by atoms with van der Waals surface area (Å²) in [5.41, 5.74) is 9.16. The Morgan fingerprint density at radius 2 is 0.680 bits per heavy atom. The van der Waals surface area contributed by atoms with Crippen LogP contribution in [0.2, 0.25) is 0 Å².